The molecule has 0 bridgehead atoms. The molecule has 25 heavy (non-hydrogen) atoms. The lowest BCUT2D eigenvalue weighted by Gasteiger charge is -2.15. The highest BCUT2D eigenvalue weighted by Crippen LogP contribution is 2.19. The van der Waals surface area contributed by atoms with Gasteiger partial charge in [0, 0.05) is 23.3 Å². The Bertz CT molecular complexity index is 895. The van der Waals surface area contributed by atoms with E-state index < -0.39 is 0 Å². The van der Waals surface area contributed by atoms with Gasteiger partial charge in [0.1, 0.15) is 17.7 Å². The number of ether oxygens (including phenoxy) is 1. The van der Waals surface area contributed by atoms with Crippen molar-refractivity contribution in [1.82, 2.24) is 15.3 Å². The van der Waals surface area contributed by atoms with Crippen LogP contribution >= 0.6 is 0 Å². The summed E-state index contributed by atoms with van der Waals surface area (Å²) in [5, 5.41) is 3.46. The Hall–Kier alpha value is -3.02. The lowest BCUT2D eigenvalue weighted by atomic mass is 10.1. The molecule has 1 aromatic carbocycles. The summed E-state index contributed by atoms with van der Waals surface area (Å²) < 4.78 is 19.1. The summed E-state index contributed by atoms with van der Waals surface area (Å²) >= 11 is 0. The number of carbonyl (C=O) groups excluding carboxylic acids is 1. The van der Waals surface area contributed by atoms with Crippen molar-refractivity contribution in [2.45, 2.75) is 20.0 Å². The van der Waals surface area contributed by atoms with Crippen LogP contribution in [-0.4, -0.2) is 28.5 Å². The van der Waals surface area contributed by atoms with Crippen LogP contribution in [0.1, 0.15) is 23.0 Å². The molecule has 0 spiro atoms. The molecule has 0 aliphatic rings. The number of nitrogens with one attached hydrogen (secondary N) is 1. The van der Waals surface area contributed by atoms with E-state index >= 15 is 0 Å². The summed E-state index contributed by atoms with van der Waals surface area (Å²) in [6.45, 7) is 3.96. The minimum absolute atomic E-state index is 0.222. The first-order chi connectivity index (χ1) is 12.0. The third-order valence-corrected chi connectivity index (χ3v) is 3.67. The normalized spacial score (nSPS) is 12.0. The summed E-state index contributed by atoms with van der Waals surface area (Å²) in [6.07, 6.45) is 3.06. The first-order valence-corrected chi connectivity index (χ1v) is 7.95. The smallest absolute Gasteiger partial charge is 0.252 e. The fourth-order valence-electron chi connectivity index (χ4n) is 2.54. The molecule has 5 nitrogen and oxygen atoms in total. The topological polar surface area (TPSA) is 64.1 Å². The zero-order valence-electron chi connectivity index (χ0n) is 14.0. The van der Waals surface area contributed by atoms with Crippen LogP contribution in [0.2, 0.25) is 0 Å². The number of carbonyl (C=O) groups is 1. The van der Waals surface area contributed by atoms with Crippen molar-refractivity contribution in [3.05, 3.63) is 65.9 Å². The van der Waals surface area contributed by atoms with Crippen molar-refractivity contribution >= 4 is 16.8 Å². The number of amides is 1. The lowest BCUT2D eigenvalue weighted by Crippen LogP contribution is -2.33. The monoisotopic (exact) mass is 339 g/mol. The van der Waals surface area contributed by atoms with Gasteiger partial charge >= 0.3 is 0 Å². The molecule has 0 saturated heterocycles. The summed E-state index contributed by atoms with van der Waals surface area (Å²) in [5.41, 5.74) is 1.59. The van der Waals surface area contributed by atoms with Gasteiger partial charge in [-0.1, -0.05) is 0 Å². The van der Waals surface area contributed by atoms with E-state index in [1.54, 1.807) is 43.6 Å². The second-order valence-corrected chi connectivity index (χ2v) is 5.80. The van der Waals surface area contributed by atoms with Crippen LogP contribution in [0.4, 0.5) is 4.39 Å². The fourth-order valence-corrected chi connectivity index (χ4v) is 2.54. The van der Waals surface area contributed by atoms with Gasteiger partial charge in [0.15, 0.2) is 0 Å². The second kappa shape index (κ2) is 7.25. The summed E-state index contributed by atoms with van der Waals surface area (Å²) in [4.78, 5) is 20.8. The van der Waals surface area contributed by atoms with Gasteiger partial charge in [-0.25, -0.2) is 4.39 Å². The molecule has 0 saturated carbocycles. The highest BCUT2D eigenvalue weighted by atomic mass is 19.1. The van der Waals surface area contributed by atoms with Crippen molar-refractivity contribution in [3.63, 3.8) is 0 Å². The van der Waals surface area contributed by atoms with E-state index in [-0.39, 0.29) is 17.8 Å². The minimum Gasteiger partial charge on any atom is -0.487 e. The molecule has 128 valence electrons. The molecule has 1 N–H and O–H groups in total. The number of benzene rings is 1. The summed E-state index contributed by atoms with van der Waals surface area (Å²) in [5.74, 6) is 0.0177. The van der Waals surface area contributed by atoms with Crippen molar-refractivity contribution in [3.8, 4) is 5.75 Å². The van der Waals surface area contributed by atoms with E-state index in [0.29, 0.717) is 34.5 Å². The van der Waals surface area contributed by atoms with Crippen LogP contribution in [0.3, 0.4) is 0 Å². The molecule has 0 radical (unpaired) electrons. The maximum absolute atomic E-state index is 13.4. The van der Waals surface area contributed by atoms with Crippen molar-refractivity contribution < 1.29 is 13.9 Å². The number of fused-ring (bicyclic) bond motifs is 1. The fraction of sp³-hybridized carbons (Fsp3) is 0.211. The molecule has 3 rings (SSSR count). The molecular weight excluding hydrogens is 321 g/mol. The Morgan fingerprint density at radius 3 is 2.92 bits per heavy atom. The Morgan fingerprint density at radius 1 is 1.32 bits per heavy atom. The standard InChI is InChI=1S/C19H18FN3O2/c1-12-8-17(16-6-5-14(20)9-18(16)23-12)19(24)22-10-13(2)25-15-4-3-7-21-11-15/h3-9,11,13H,10H2,1-2H3,(H,22,24)/t13-/m0/s1. The summed E-state index contributed by atoms with van der Waals surface area (Å²) in [7, 11) is 0. The van der Waals surface area contributed by atoms with Gasteiger partial charge in [-0.3, -0.25) is 14.8 Å². The molecule has 6 heteroatoms. The first kappa shape index (κ1) is 16.8. The molecular formula is C19H18FN3O2. The van der Waals surface area contributed by atoms with Gasteiger partial charge in [0.25, 0.3) is 5.91 Å². The van der Waals surface area contributed by atoms with E-state index in [0.717, 1.165) is 0 Å². The molecule has 2 heterocycles. The summed E-state index contributed by atoms with van der Waals surface area (Å²) in [6, 6.07) is 9.51. The van der Waals surface area contributed by atoms with Crippen LogP contribution in [0.25, 0.3) is 10.9 Å². The Kier molecular flexibility index (Phi) is 4.88. The van der Waals surface area contributed by atoms with Crippen LogP contribution in [0.15, 0.2) is 48.8 Å². The van der Waals surface area contributed by atoms with Gasteiger partial charge in [0.2, 0.25) is 0 Å². The maximum Gasteiger partial charge on any atom is 0.252 e. The first-order valence-electron chi connectivity index (χ1n) is 7.95. The Labute approximate surface area is 144 Å². The van der Waals surface area contributed by atoms with Gasteiger partial charge in [0.05, 0.1) is 23.8 Å². The van der Waals surface area contributed by atoms with E-state index in [1.165, 1.54) is 12.1 Å². The lowest BCUT2D eigenvalue weighted by molar-refractivity contribution is 0.0933. The van der Waals surface area contributed by atoms with Crippen LogP contribution in [0, 0.1) is 12.7 Å². The average molecular weight is 339 g/mol. The molecule has 1 amide bonds. The molecule has 1 atom stereocenters. The zero-order chi connectivity index (χ0) is 17.8. The molecule has 0 unspecified atom stereocenters. The third kappa shape index (κ3) is 4.09. The van der Waals surface area contributed by atoms with Crippen molar-refractivity contribution in [2.75, 3.05) is 6.54 Å². The predicted octanol–water partition coefficient (Wildman–Crippen LogP) is 3.27. The van der Waals surface area contributed by atoms with Crippen LogP contribution in [-0.2, 0) is 0 Å². The van der Waals surface area contributed by atoms with Crippen LogP contribution in [0.5, 0.6) is 5.75 Å². The Morgan fingerprint density at radius 2 is 2.16 bits per heavy atom. The number of aryl methyl sites for hydroxylation is 1. The molecule has 0 fully saturated rings. The molecule has 0 aliphatic heterocycles. The van der Waals surface area contributed by atoms with Gasteiger partial charge in [-0.15, -0.1) is 0 Å². The largest absolute Gasteiger partial charge is 0.487 e. The number of rotatable bonds is 5. The van der Waals surface area contributed by atoms with Gasteiger partial charge < -0.3 is 10.1 Å². The molecule has 2 aromatic heterocycles. The number of hydrogen-bond donors (Lipinski definition) is 1. The van der Waals surface area contributed by atoms with Gasteiger partial charge in [-0.05, 0) is 44.2 Å². The van der Waals surface area contributed by atoms with E-state index in [9.17, 15) is 9.18 Å². The van der Waals surface area contributed by atoms with Crippen molar-refractivity contribution in [2.24, 2.45) is 0 Å². The molecule has 3 aromatic rings. The number of aromatic nitrogens is 2. The second-order valence-electron chi connectivity index (χ2n) is 5.80. The highest BCUT2D eigenvalue weighted by Gasteiger charge is 2.14. The maximum atomic E-state index is 13.4. The zero-order valence-corrected chi connectivity index (χ0v) is 14.0. The quantitative estimate of drug-likeness (QED) is 0.775. The number of nitrogens with zero attached hydrogens (tertiary/aromatic N) is 2. The minimum atomic E-state index is -0.379. The third-order valence-electron chi connectivity index (χ3n) is 3.67. The number of pyridine rings is 2. The van der Waals surface area contributed by atoms with Crippen LogP contribution < -0.4 is 10.1 Å². The molecule has 0 aliphatic carbocycles. The van der Waals surface area contributed by atoms with E-state index in [2.05, 4.69) is 15.3 Å². The number of halogens is 1. The van der Waals surface area contributed by atoms with Gasteiger partial charge in [-0.2, -0.15) is 0 Å². The average Bonchev–Trinajstić information content (AvgIpc) is 2.59. The predicted molar refractivity (Wildman–Crippen MR) is 93.1 cm³/mol. The Balaban J connectivity index is 1.72. The van der Waals surface area contributed by atoms with Crippen molar-refractivity contribution in [1.29, 1.82) is 0 Å². The van der Waals surface area contributed by atoms with E-state index in [1.807, 2.05) is 6.92 Å². The highest BCUT2D eigenvalue weighted by molar-refractivity contribution is 6.06. The van der Waals surface area contributed by atoms with E-state index in [4.69, 9.17) is 4.74 Å². The number of hydrogen-bond acceptors (Lipinski definition) is 4. The SMILES string of the molecule is Cc1cc(C(=O)NC[C@H](C)Oc2cccnc2)c2ccc(F)cc2n1.